The molecule has 0 aromatic heterocycles. The number of aromatic hydroxyl groups is 1. The summed E-state index contributed by atoms with van der Waals surface area (Å²) in [7, 11) is 0. The summed E-state index contributed by atoms with van der Waals surface area (Å²) in [5, 5.41) is 15.7. The monoisotopic (exact) mass is 301 g/mol. The first-order chi connectivity index (χ1) is 10.7. The molecule has 0 bridgehead atoms. The number of benzene rings is 2. The number of aliphatic imine (C=N–C) groups is 1. The van der Waals surface area contributed by atoms with Crippen molar-refractivity contribution < 1.29 is 9.50 Å². The highest BCUT2D eigenvalue weighted by atomic mass is 19.1. The van der Waals surface area contributed by atoms with Crippen LogP contribution < -0.4 is 10.6 Å². The number of rotatable bonds is 5. The van der Waals surface area contributed by atoms with E-state index in [1.54, 1.807) is 36.4 Å². The van der Waals surface area contributed by atoms with Gasteiger partial charge >= 0.3 is 0 Å². The predicted molar refractivity (Wildman–Crippen MR) is 86.2 cm³/mol. The molecule has 0 heterocycles. The van der Waals surface area contributed by atoms with Crippen LogP contribution in [0.3, 0.4) is 0 Å². The highest BCUT2D eigenvalue weighted by Gasteiger charge is 2.02. The van der Waals surface area contributed by atoms with Crippen LogP contribution in [0.15, 0.2) is 53.5 Å². The van der Waals surface area contributed by atoms with Crippen LogP contribution in [0.4, 0.5) is 4.39 Å². The Morgan fingerprint density at radius 2 is 1.95 bits per heavy atom. The minimum absolute atomic E-state index is 0.219. The Morgan fingerprint density at radius 3 is 2.68 bits per heavy atom. The summed E-state index contributed by atoms with van der Waals surface area (Å²) in [6.45, 7) is 3.47. The predicted octanol–water partition coefficient (Wildman–Crippen LogP) is 2.79. The number of hydrogen-bond acceptors (Lipinski definition) is 2. The minimum atomic E-state index is -0.237. The van der Waals surface area contributed by atoms with Crippen LogP contribution in [0, 0.1) is 5.82 Å². The first-order valence-electron chi connectivity index (χ1n) is 7.22. The Hall–Kier alpha value is -2.56. The Bertz CT molecular complexity index is 643. The van der Waals surface area contributed by atoms with Crippen molar-refractivity contribution in [3.63, 3.8) is 0 Å². The molecule has 2 aromatic carbocycles. The Kier molecular flexibility index (Phi) is 5.77. The molecule has 4 nitrogen and oxygen atoms in total. The topological polar surface area (TPSA) is 56.7 Å². The smallest absolute Gasteiger partial charge is 0.191 e. The van der Waals surface area contributed by atoms with E-state index in [2.05, 4.69) is 15.6 Å². The maximum absolute atomic E-state index is 13.6. The standard InChI is InChI=1S/C17H20FN3O/c1-2-19-17(20-11-13-6-5-8-15(22)10-13)21-12-14-7-3-4-9-16(14)18/h3-10,22H,2,11-12H2,1H3,(H2,19,20,21). The number of nitrogens with one attached hydrogen (secondary N) is 2. The SMILES string of the molecule is CCNC(=NCc1cccc(O)c1)NCc1ccccc1F. The zero-order valence-electron chi connectivity index (χ0n) is 12.5. The van der Waals surface area contributed by atoms with Crippen LogP contribution >= 0.6 is 0 Å². The first kappa shape index (κ1) is 15.8. The summed E-state index contributed by atoms with van der Waals surface area (Å²) >= 11 is 0. The fourth-order valence-electron chi connectivity index (χ4n) is 1.99. The molecule has 3 N–H and O–H groups in total. The van der Waals surface area contributed by atoms with Gasteiger partial charge in [-0.05, 0) is 30.7 Å². The van der Waals surface area contributed by atoms with Crippen molar-refractivity contribution in [3.05, 3.63) is 65.5 Å². The average molecular weight is 301 g/mol. The van der Waals surface area contributed by atoms with Gasteiger partial charge in [-0.25, -0.2) is 9.38 Å². The summed E-state index contributed by atoms with van der Waals surface area (Å²) in [6, 6.07) is 13.6. The third kappa shape index (κ3) is 4.77. The van der Waals surface area contributed by atoms with Crippen LogP contribution in [-0.4, -0.2) is 17.6 Å². The molecule has 0 saturated carbocycles. The number of guanidine groups is 1. The molecule has 0 aliphatic rings. The lowest BCUT2D eigenvalue weighted by molar-refractivity contribution is 0.474. The quantitative estimate of drug-likeness (QED) is 0.588. The molecule has 22 heavy (non-hydrogen) atoms. The van der Waals surface area contributed by atoms with Gasteiger partial charge in [0.15, 0.2) is 5.96 Å². The van der Waals surface area contributed by atoms with E-state index in [4.69, 9.17) is 0 Å². The van der Waals surface area contributed by atoms with Gasteiger partial charge in [0.05, 0.1) is 6.54 Å². The molecule has 0 amide bonds. The molecular formula is C17H20FN3O. The van der Waals surface area contributed by atoms with E-state index >= 15 is 0 Å². The average Bonchev–Trinajstić information content (AvgIpc) is 2.51. The van der Waals surface area contributed by atoms with Gasteiger partial charge < -0.3 is 15.7 Å². The number of hydrogen-bond donors (Lipinski definition) is 3. The van der Waals surface area contributed by atoms with Crippen molar-refractivity contribution in [1.82, 2.24) is 10.6 Å². The van der Waals surface area contributed by atoms with E-state index < -0.39 is 0 Å². The van der Waals surface area contributed by atoms with E-state index in [0.29, 0.717) is 31.2 Å². The highest BCUT2D eigenvalue weighted by Crippen LogP contribution is 2.11. The third-order valence-electron chi connectivity index (χ3n) is 3.08. The van der Waals surface area contributed by atoms with E-state index in [0.717, 1.165) is 5.56 Å². The molecule has 0 fully saturated rings. The second-order valence-corrected chi connectivity index (χ2v) is 4.81. The van der Waals surface area contributed by atoms with Crippen LogP contribution in [0.1, 0.15) is 18.1 Å². The van der Waals surface area contributed by atoms with Gasteiger partial charge in [-0.1, -0.05) is 30.3 Å². The zero-order chi connectivity index (χ0) is 15.8. The zero-order valence-corrected chi connectivity index (χ0v) is 12.5. The molecule has 0 unspecified atom stereocenters. The Morgan fingerprint density at radius 1 is 1.14 bits per heavy atom. The fourth-order valence-corrected chi connectivity index (χ4v) is 1.99. The van der Waals surface area contributed by atoms with E-state index in [1.165, 1.54) is 6.07 Å². The largest absolute Gasteiger partial charge is 0.508 e. The summed E-state index contributed by atoms with van der Waals surface area (Å²) in [6.07, 6.45) is 0. The lowest BCUT2D eigenvalue weighted by Crippen LogP contribution is -2.37. The molecular weight excluding hydrogens is 281 g/mol. The maximum Gasteiger partial charge on any atom is 0.191 e. The van der Waals surface area contributed by atoms with Gasteiger partial charge in [-0.2, -0.15) is 0 Å². The molecule has 5 heteroatoms. The number of halogens is 1. The van der Waals surface area contributed by atoms with Crippen molar-refractivity contribution >= 4 is 5.96 Å². The van der Waals surface area contributed by atoms with Crippen molar-refractivity contribution in [3.8, 4) is 5.75 Å². The van der Waals surface area contributed by atoms with E-state index in [1.807, 2.05) is 13.0 Å². The van der Waals surface area contributed by atoms with Gasteiger partial charge in [-0.3, -0.25) is 0 Å². The molecule has 0 saturated heterocycles. The number of phenolic OH excluding ortho intramolecular Hbond substituents is 1. The van der Waals surface area contributed by atoms with Crippen molar-refractivity contribution in [2.45, 2.75) is 20.0 Å². The Balaban J connectivity index is 2.00. The van der Waals surface area contributed by atoms with Crippen LogP contribution in [0.2, 0.25) is 0 Å². The summed E-state index contributed by atoms with van der Waals surface area (Å²) in [5.41, 5.74) is 1.49. The van der Waals surface area contributed by atoms with Gasteiger partial charge in [0, 0.05) is 18.7 Å². The van der Waals surface area contributed by atoms with Crippen LogP contribution in [0.25, 0.3) is 0 Å². The summed E-state index contributed by atoms with van der Waals surface area (Å²) in [4.78, 5) is 4.43. The van der Waals surface area contributed by atoms with Crippen molar-refractivity contribution in [1.29, 1.82) is 0 Å². The lowest BCUT2D eigenvalue weighted by atomic mass is 10.2. The minimum Gasteiger partial charge on any atom is -0.508 e. The van der Waals surface area contributed by atoms with Gasteiger partial charge in [0.2, 0.25) is 0 Å². The molecule has 0 aliphatic carbocycles. The number of phenols is 1. The Labute approximate surface area is 129 Å². The molecule has 0 aliphatic heterocycles. The van der Waals surface area contributed by atoms with Crippen LogP contribution in [-0.2, 0) is 13.1 Å². The molecule has 0 spiro atoms. The summed E-state index contributed by atoms with van der Waals surface area (Å²) < 4.78 is 13.6. The van der Waals surface area contributed by atoms with E-state index in [-0.39, 0.29) is 11.6 Å². The molecule has 0 atom stereocenters. The van der Waals surface area contributed by atoms with Gasteiger partial charge in [-0.15, -0.1) is 0 Å². The molecule has 0 radical (unpaired) electrons. The van der Waals surface area contributed by atoms with E-state index in [9.17, 15) is 9.50 Å². The second kappa shape index (κ2) is 8.02. The van der Waals surface area contributed by atoms with Crippen LogP contribution in [0.5, 0.6) is 5.75 Å². The van der Waals surface area contributed by atoms with Crippen molar-refractivity contribution in [2.24, 2.45) is 4.99 Å². The lowest BCUT2D eigenvalue weighted by Gasteiger charge is -2.12. The number of nitrogens with zero attached hydrogens (tertiary/aromatic N) is 1. The summed E-state index contributed by atoms with van der Waals surface area (Å²) in [5.74, 6) is 0.588. The molecule has 2 aromatic rings. The molecule has 116 valence electrons. The molecule has 2 rings (SSSR count). The van der Waals surface area contributed by atoms with Gasteiger partial charge in [0.1, 0.15) is 11.6 Å². The maximum atomic E-state index is 13.6. The fraction of sp³-hybridized carbons (Fsp3) is 0.235. The highest BCUT2D eigenvalue weighted by molar-refractivity contribution is 5.79. The second-order valence-electron chi connectivity index (χ2n) is 4.81. The third-order valence-corrected chi connectivity index (χ3v) is 3.08. The normalized spacial score (nSPS) is 11.3. The first-order valence-corrected chi connectivity index (χ1v) is 7.22. The van der Waals surface area contributed by atoms with Gasteiger partial charge in [0.25, 0.3) is 0 Å². The van der Waals surface area contributed by atoms with Crippen molar-refractivity contribution in [2.75, 3.05) is 6.54 Å².